The molecule has 1 aliphatic rings. The summed E-state index contributed by atoms with van der Waals surface area (Å²) in [6, 6.07) is 6.21. The van der Waals surface area contributed by atoms with E-state index in [0.717, 1.165) is 11.6 Å². The highest BCUT2D eigenvalue weighted by atomic mass is 32.1. The number of thiazole rings is 1. The minimum atomic E-state index is -0.807. The molecule has 8 heteroatoms. The van der Waals surface area contributed by atoms with Crippen molar-refractivity contribution in [1.29, 1.82) is 0 Å². The minimum absolute atomic E-state index is 0.0968. The lowest BCUT2D eigenvalue weighted by atomic mass is 9.96. The summed E-state index contributed by atoms with van der Waals surface area (Å²) in [6.45, 7) is 2.89. The number of benzene rings is 1. The first kappa shape index (κ1) is 18.8. The van der Waals surface area contributed by atoms with Crippen LogP contribution < -0.4 is 10.6 Å². The number of carbonyl (C=O) groups is 1. The molecule has 2 aromatic rings. The summed E-state index contributed by atoms with van der Waals surface area (Å²) >= 11 is 1.60. The summed E-state index contributed by atoms with van der Waals surface area (Å²) in [7, 11) is 1.60. The molecule has 6 nitrogen and oxygen atoms in total. The van der Waals surface area contributed by atoms with Gasteiger partial charge in [-0.2, -0.15) is 0 Å². The van der Waals surface area contributed by atoms with Crippen LogP contribution in [0.1, 0.15) is 11.4 Å². The Morgan fingerprint density at radius 1 is 1.50 bits per heavy atom. The van der Waals surface area contributed by atoms with Gasteiger partial charge in [0, 0.05) is 44.0 Å². The third kappa shape index (κ3) is 4.57. The molecule has 1 saturated heterocycles. The maximum atomic E-state index is 13.6. The number of amides is 1. The van der Waals surface area contributed by atoms with Crippen molar-refractivity contribution in [2.24, 2.45) is 0 Å². The zero-order chi connectivity index (χ0) is 18.4. The van der Waals surface area contributed by atoms with E-state index in [0.29, 0.717) is 38.3 Å². The van der Waals surface area contributed by atoms with Crippen molar-refractivity contribution in [2.45, 2.75) is 18.5 Å². The van der Waals surface area contributed by atoms with Crippen LogP contribution >= 0.6 is 11.3 Å². The fourth-order valence-corrected chi connectivity index (χ4v) is 3.83. The standard InChI is InChI=1S/C18H23FN4O2S/c1-25-9-6-21-17(24)18(22-15-4-2-3-14(19)11-15)5-8-23(13-18)12-16-20-7-10-26-16/h2-4,7,10-11,22H,5-6,8-9,12-13H2,1H3,(H,21,24). The first-order chi connectivity index (χ1) is 12.6. The minimum Gasteiger partial charge on any atom is -0.383 e. The van der Waals surface area contributed by atoms with Crippen LogP contribution in [0, 0.1) is 5.82 Å². The normalized spacial score (nSPS) is 20.2. The van der Waals surface area contributed by atoms with Gasteiger partial charge in [-0.15, -0.1) is 11.3 Å². The molecule has 1 fully saturated rings. The van der Waals surface area contributed by atoms with Gasteiger partial charge in [0.2, 0.25) is 5.91 Å². The van der Waals surface area contributed by atoms with E-state index in [-0.39, 0.29) is 11.7 Å². The number of methoxy groups -OCH3 is 1. The number of likely N-dealkylation sites (tertiary alicyclic amines) is 1. The van der Waals surface area contributed by atoms with Crippen LogP contribution in [-0.2, 0) is 16.1 Å². The fraction of sp³-hybridized carbons (Fsp3) is 0.444. The topological polar surface area (TPSA) is 66.5 Å². The van der Waals surface area contributed by atoms with Gasteiger partial charge in [0.05, 0.1) is 13.2 Å². The van der Waals surface area contributed by atoms with Crippen molar-refractivity contribution in [3.8, 4) is 0 Å². The Hall–Kier alpha value is -2.03. The van der Waals surface area contributed by atoms with E-state index in [1.165, 1.54) is 12.1 Å². The van der Waals surface area contributed by atoms with E-state index in [9.17, 15) is 9.18 Å². The highest BCUT2D eigenvalue weighted by Gasteiger charge is 2.44. The molecule has 2 N–H and O–H groups in total. The number of aromatic nitrogens is 1. The number of nitrogens with zero attached hydrogens (tertiary/aromatic N) is 2. The lowest BCUT2D eigenvalue weighted by molar-refractivity contribution is -0.125. The van der Waals surface area contributed by atoms with Gasteiger partial charge in [0.1, 0.15) is 16.4 Å². The Bertz CT molecular complexity index is 728. The third-order valence-corrected chi connectivity index (χ3v) is 5.19. The zero-order valence-corrected chi connectivity index (χ0v) is 15.5. The third-order valence-electron chi connectivity index (χ3n) is 4.43. The first-order valence-electron chi connectivity index (χ1n) is 8.53. The Labute approximate surface area is 156 Å². The average Bonchev–Trinajstić information content (AvgIpc) is 3.26. The summed E-state index contributed by atoms with van der Waals surface area (Å²) < 4.78 is 18.6. The van der Waals surface area contributed by atoms with E-state index < -0.39 is 5.54 Å². The van der Waals surface area contributed by atoms with Gasteiger partial charge in [-0.3, -0.25) is 9.69 Å². The molecule has 0 radical (unpaired) electrons. The summed E-state index contributed by atoms with van der Waals surface area (Å²) in [4.78, 5) is 19.4. The van der Waals surface area contributed by atoms with Crippen LogP contribution in [0.25, 0.3) is 0 Å². The van der Waals surface area contributed by atoms with Gasteiger partial charge in [0.25, 0.3) is 0 Å². The predicted molar refractivity (Wildman–Crippen MR) is 99.6 cm³/mol. The molecule has 1 aromatic heterocycles. The molecule has 3 rings (SSSR count). The van der Waals surface area contributed by atoms with E-state index in [4.69, 9.17) is 4.74 Å². The van der Waals surface area contributed by atoms with Crippen molar-refractivity contribution >= 4 is 22.9 Å². The molecule has 26 heavy (non-hydrogen) atoms. The van der Waals surface area contributed by atoms with Crippen LogP contribution in [0.3, 0.4) is 0 Å². The number of anilines is 1. The summed E-state index contributed by atoms with van der Waals surface area (Å²) in [5.74, 6) is -0.428. The molecule has 0 saturated carbocycles. The zero-order valence-electron chi connectivity index (χ0n) is 14.7. The van der Waals surface area contributed by atoms with Crippen molar-refractivity contribution in [2.75, 3.05) is 38.7 Å². The molecule has 1 unspecified atom stereocenters. The summed E-state index contributed by atoms with van der Waals surface area (Å²) in [6.07, 6.45) is 2.42. The second kappa shape index (κ2) is 8.57. The summed E-state index contributed by atoms with van der Waals surface area (Å²) in [5.41, 5.74) is -0.207. The van der Waals surface area contributed by atoms with Crippen molar-refractivity contribution < 1.29 is 13.9 Å². The van der Waals surface area contributed by atoms with E-state index >= 15 is 0 Å². The van der Waals surface area contributed by atoms with E-state index in [1.807, 2.05) is 5.38 Å². The van der Waals surface area contributed by atoms with Crippen LogP contribution in [0.15, 0.2) is 35.8 Å². The highest BCUT2D eigenvalue weighted by Crippen LogP contribution is 2.28. The lowest BCUT2D eigenvalue weighted by Gasteiger charge is -2.30. The lowest BCUT2D eigenvalue weighted by Crippen LogP contribution is -2.54. The van der Waals surface area contributed by atoms with Gasteiger partial charge in [-0.25, -0.2) is 9.37 Å². The predicted octanol–water partition coefficient (Wildman–Crippen LogP) is 2.10. The van der Waals surface area contributed by atoms with Crippen molar-refractivity contribution in [1.82, 2.24) is 15.2 Å². The number of nitrogens with one attached hydrogen (secondary N) is 2. The second-order valence-corrected chi connectivity index (χ2v) is 7.33. The molecular formula is C18H23FN4O2S. The quantitative estimate of drug-likeness (QED) is 0.689. The maximum Gasteiger partial charge on any atom is 0.247 e. The Morgan fingerprint density at radius 3 is 3.12 bits per heavy atom. The van der Waals surface area contributed by atoms with Crippen molar-refractivity contribution in [3.05, 3.63) is 46.7 Å². The van der Waals surface area contributed by atoms with Crippen LogP contribution in [0.4, 0.5) is 10.1 Å². The number of hydrogen-bond donors (Lipinski definition) is 2. The van der Waals surface area contributed by atoms with E-state index in [1.54, 1.807) is 36.8 Å². The van der Waals surface area contributed by atoms with Crippen LogP contribution in [0.5, 0.6) is 0 Å². The molecule has 1 aliphatic heterocycles. The van der Waals surface area contributed by atoms with Crippen molar-refractivity contribution in [3.63, 3.8) is 0 Å². The van der Waals surface area contributed by atoms with Gasteiger partial charge in [-0.05, 0) is 24.6 Å². The molecule has 1 atom stereocenters. The Kier molecular flexibility index (Phi) is 6.18. The van der Waals surface area contributed by atoms with E-state index in [2.05, 4.69) is 20.5 Å². The Balaban J connectivity index is 1.74. The van der Waals surface area contributed by atoms with Gasteiger partial charge in [0.15, 0.2) is 0 Å². The number of rotatable bonds is 8. The summed E-state index contributed by atoms with van der Waals surface area (Å²) in [5, 5.41) is 9.17. The van der Waals surface area contributed by atoms with Gasteiger partial charge < -0.3 is 15.4 Å². The smallest absolute Gasteiger partial charge is 0.247 e. The Morgan fingerprint density at radius 2 is 2.38 bits per heavy atom. The maximum absolute atomic E-state index is 13.6. The van der Waals surface area contributed by atoms with Crippen LogP contribution in [-0.4, -0.2) is 54.7 Å². The largest absolute Gasteiger partial charge is 0.383 e. The number of hydrogen-bond acceptors (Lipinski definition) is 6. The monoisotopic (exact) mass is 378 g/mol. The first-order valence-corrected chi connectivity index (χ1v) is 9.41. The molecule has 2 heterocycles. The van der Waals surface area contributed by atoms with Gasteiger partial charge >= 0.3 is 0 Å². The molecule has 1 aromatic carbocycles. The number of carbonyl (C=O) groups excluding carboxylic acids is 1. The SMILES string of the molecule is COCCNC(=O)C1(Nc2cccc(F)c2)CCN(Cc2nccs2)C1. The van der Waals surface area contributed by atoms with Gasteiger partial charge in [-0.1, -0.05) is 6.07 Å². The second-order valence-electron chi connectivity index (χ2n) is 6.35. The van der Waals surface area contributed by atoms with Crippen LogP contribution in [0.2, 0.25) is 0 Å². The number of ether oxygens (including phenoxy) is 1. The molecule has 0 aliphatic carbocycles. The molecule has 0 bridgehead atoms. The molecular weight excluding hydrogens is 355 g/mol. The molecule has 140 valence electrons. The number of halogens is 1. The highest BCUT2D eigenvalue weighted by molar-refractivity contribution is 7.09. The molecule has 0 spiro atoms. The average molecular weight is 378 g/mol. The molecule has 1 amide bonds. The fourth-order valence-electron chi connectivity index (χ4n) is 3.17.